The monoisotopic (exact) mass is 444 g/mol. The molecule has 0 aromatic heterocycles. The lowest BCUT2D eigenvalue weighted by atomic mass is 9.72. The molecule has 4 nitrogen and oxygen atoms in total. The number of rotatable bonds is 6. The number of hydrogen-bond acceptors (Lipinski definition) is 2. The second-order valence-electron chi connectivity index (χ2n) is 8.64. The Labute approximate surface area is 194 Å². The molecule has 5 heteroatoms. The van der Waals surface area contributed by atoms with E-state index in [9.17, 15) is 14.0 Å². The highest BCUT2D eigenvalue weighted by molar-refractivity contribution is 5.94. The maximum Gasteiger partial charge on any atom is 0.253 e. The molecule has 3 aromatic rings. The van der Waals surface area contributed by atoms with Gasteiger partial charge in [-0.2, -0.15) is 0 Å². The minimum atomic E-state index is -0.598. The molecule has 4 rings (SSSR count). The van der Waals surface area contributed by atoms with Crippen LogP contribution >= 0.6 is 0 Å². The fourth-order valence-electron chi connectivity index (χ4n) is 4.71. The minimum Gasteiger partial charge on any atom is -0.356 e. The fourth-order valence-corrected chi connectivity index (χ4v) is 4.71. The summed E-state index contributed by atoms with van der Waals surface area (Å²) in [4.78, 5) is 27.9. The molecule has 33 heavy (non-hydrogen) atoms. The largest absolute Gasteiger partial charge is 0.356 e. The van der Waals surface area contributed by atoms with Gasteiger partial charge < -0.3 is 10.2 Å². The van der Waals surface area contributed by atoms with Crippen molar-refractivity contribution >= 4 is 11.8 Å². The number of halogens is 1. The minimum absolute atomic E-state index is 0.0331. The van der Waals surface area contributed by atoms with E-state index >= 15 is 0 Å². The molecule has 0 aliphatic carbocycles. The normalized spacial score (nSPS) is 15.2. The highest BCUT2D eigenvalue weighted by Crippen LogP contribution is 2.38. The van der Waals surface area contributed by atoms with Gasteiger partial charge in [-0.25, -0.2) is 4.39 Å². The molecule has 0 saturated carbocycles. The van der Waals surface area contributed by atoms with Crippen LogP contribution in [0.3, 0.4) is 0 Å². The van der Waals surface area contributed by atoms with E-state index in [2.05, 4.69) is 29.6 Å². The van der Waals surface area contributed by atoms with Gasteiger partial charge in [0.15, 0.2) is 0 Å². The number of nitrogens with zero attached hydrogens (tertiary/aromatic N) is 1. The SMILES string of the molecule is CCNC(=O)C1(Cc2ccccc2-c2ccccc2)CCN(C(=O)c2cccc(F)c2)CC1. The summed E-state index contributed by atoms with van der Waals surface area (Å²) >= 11 is 0. The summed E-state index contributed by atoms with van der Waals surface area (Å²) in [6.07, 6.45) is 1.72. The van der Waals surface area contributed by atoms with Gasteiger partial charge in [0.05, 0.1) is 5.41 Å². The van der Waals surface area contributed by atoms with E-state index in [1.807, 2.05) is 37.3 Å². The Bertz CT molecular complexity index is 1120. The van der Waals surface area contributed by atoms with Crippen LogP contribution in [-0.2, 0) is 11.2 Å². The smallest absolute Gasteiger partial charge is 0.253 e. The van der Waals surface area contributed by atoms with Gasteiger partial charge in [-0.1, -0.05) is 60.7 Å². The van der Waals surface area contributed by atoms with Crippen LogP contribution < -0.4 is 5.32 Å². The van der Waals surface area contributed by atoms with E-state index in [0.29, 0.717) is 44.5 Å². The van der Waals surface area contributed by atoms with Gasteiger partial charge in [-0.15, -0.1) is 0 Å². The second kappa shape index (κ2) is 9.99. The average Bonchev–Trinajstić information content (AvgIpc) is 2.85. The molecule has 0 spiro atoms. The van der Waals surface area contributed by atoms with Crippen molar-refractivity contribution in [1.29, 1.82) is 0 Å². The van der Waals surface area contributed by atoms with Gasteiger partial charge in [0.2, 0.25) is 5.91 Å². The first-order chi connectivity index (χ1) is 16.0. The Morgan fingerprint density at radius 1 is 0.939 bits per heavy atom. The van der Waals surface area contributed by atoms with Crippen LogP contribution in [0.2, 0.25) is 0 Å². The maximum atomic E-state index is 13.6. The first kappa shape index (κ1) is 22.7. The van der Waals surface area contributed by atoms with Crippen LogP contribution in [0, 0.1) is 11.2 Å². The van der Waals surface area contributed by atoms with Crippen LogP contribution in [0.5, 0.6) is 0 Å². The van der Waals surface area contributed by atoms with Crippen molar-refractivity contribution in [3.05, 3.63) is 95.8 Å². The first-order valence-corrected chi connectivity index (χ1v) is 11.5. The number of likely N-dealkylation sites (tertiary alicyclic amines) is 1. The highest BCUT2D eigenvalue weighted by Gasteiger charge is 2.42. The van der Waals surface area contributed by atoms with Crippen LogP contribution in [0.15, 0.2) is 78.9 Å². The highest BCUT2D eigenvalue weighted by atomic mass is 19.1. The molecule has 1 heterocycles. The van der Waals surface area contributed by atoms with Crippen molar-refractivity contribution < 1.29 is 14.0 Å². The lowest BCUT2D eigenvalue weighted by Gasteiger charge is -2.41. The lowest BCUT2D eigenvalue weighted by molar-refractivity contribution is -0.133. The topological polar surface area (TPSA) is 49.4 Å². The van der Waals surface area contributed by atoms with E-state index in [1.54, 1.807) is 17.0 Å². The lowest BCUT2D eigenvalue weighted by Crippen LogP contribution is -2.51. The standard InChI is InChI=1S/C28H29FN2O2/c1-2-30-27(33)28(20-23-11-6-7-14-25(23)21-9-4-3-5-10-21)15-17-31(18-16-28)26(32)22-12-8-13-24(29)19-22/h3-14,19H,2,15-18,20H2,1H3,(H,30,33). The molecule has 1 aliphatic heterocycles. The van der Waals surface area contributed by atoms with Crippen molar-refractivity contribution in [3.8, 4) is 11.1 Å². The van der Waals surface area contributed by atoms with E-state index in [-0.39, 0.29) is 11.8 Å². The quantitative estimate of drug-likeness (QED) is 0.576. The van der Waals surface area contributed by atoms with Crippen molar-refractivity contribution in [1.82, 2.24) is 10.2 Å². The summed E-state index contributed by atoms with van der Waals surface area (Å²) in [5.41, 5.74) is 3.12. The average molecular weight is 445 g/mol. The van der Waals surface area contributed by atoms with Gasteiger partial charge in [0, 0.05) is 25.2 Å². The van der Waals surface area contributed by atoms with E-state index < -0.39 is 11.2 Å². The van der Waals surface area contributed by atoms with Gasteiger partial charge in [-0.05, 0) is 61.1 Å². The molecule has 0 bridgehead atoms. The molecule has 0 atom stereocenters. The first-order valence-electron chi connectivity index (χ1n) is 11.5. The van der Waals surface area contributed by atoms with Crippen LogP contribution in [0.25, 0.3) is 11.1 Å². The Morgan fingerprint density at radius 3 is 2.33 bits per heavy atom. The number of benzene rings is 3. The summed E-state index contributed by atoms with van der Waals surface area (Å²) in [5, 5.41) is 3.03. The third-order valence-corrected chi connectivity index (χ3v) is 6.53. The molecule has 3 aromatic carbocycles. The Hall–Kier alpha value is -3.47. The van der Waals surface area contributed by atoms with Crippen molar-refractivity contribution in [3.63, 3.8) is 0 Å². The number of amides is 2. The predicted molar refractivity (Wildman–Crippen MR) is 128 cm³/mol. The van der Waals surface area contributed by atoms with Gasteiger partial charge in [0.1, 0.15) is 5.82 Å². The zero-order valence-corrected chi connectivity index (χ0v) is 18.9. The van der Waals surface area contributed by atoms with Gasteiger partial charge in [-0.3, -0.25) is 9.59 Å². The summed E-state index contributed by atoms with van der Waals surface area (Å²) in [5.74, 6) is -0.582. The Kier molecular flexibility index (Phi) is 6.87. The maximum absolute atomic E-state index is 13.6. The molecule has 1 saturated heterocycles. The Balaban J connectivity index is 1.58. The van der Waals surface area contributed by atoms with Crippen molar-refractivity contribution in [2.45, 2.75) is 26.2 Å². The third kappa shape index (κ3) is 4.98. The zero-order valence-electron chi connectivity index (χ0n) is 18.9. The third-order valence-electron chi connectivity index (χ3n) is 6.53. The summed E-state index contributed by atoms with van der Waals surface area (Å²) < 4.78 is 13.6. The Morgan fingerprint density at radius 2 is 1.64 bits per heavy atom. The van der Waals surface area contributed by atoms with E-state index in [0.717, 1.165) is 16.7 Å². The zero-order chi connectivity index (χ0) is 23.3. The molecule has 0 unspecified atom stereocenters. The molecular weight excluding hydrogens is 415 g/mol. The van der Waals surface area contributed by atoms with Crippen molar-refractivity contribution in [2.75, 3.05) is 19.6 Å². The summed E-state index contributed by atoms with van der Waals surface area (Å²) in [6, 6.07) is 24.2. The fraction of sp³-hybridized carbons (Fsp3) is 0.286. The van der Waals surface area contributed by atoms with Crippen molar-refractivity contribution in [2.24, 2.45) is 5.41 Å². The number of carbonyl (C=O) groups is 2. The number of piperidine rings is 1. The number of carbonyl (C=O) groups excluding carboxylic acids is 2. The van der Waals surface area contributed by atoms with Crippen LogP contribution in [-0.4, -0.2) is 36.3 Å². The molecule has 1 aliphatic rings. The molecular formula is C28H29FN2O2. The molecule has 1 fully saturated rings. The van der Waals surface area contributed by atoms with E-state index in [1.165, 1.54) is 12.1 Å². The van der Waals surface area contributed by atoms with E-state index in [4.69, 9.17) is 0 Å². The van der Waals surface area contributed by atoms with Crippen LogP contribution in [0.1, 0.15) is 35.7 Å². The predicted octanol–water partition coefficient (Wildman–Crippen LogP) is 5.09. The molecule has 0 radical (unpaired) electrons. The van der Waals surface area contributed by atoms with Crippen LogP contribution in [0.4, 0.5) is 4.39 Å². The van der Waals surface area contributed by atoms with Gasteiger partial charge in [0.25, 0.3) is 5.91 Å². The summed E-state index contributed by atoms with van der Waals surface area (Å²) in [6.45, 7) is 3.40. The summed E-state index contributed by atoms with van der Waals surface area (Å²) in [7, 11) is 0. The molecule has 1 N–H and O–H groups in total. The molecule has 170 valence electrons. The molecule has 2 amide bonds. The number of hydrogen-bond donors (Lipinski definition) is 1. The second-order valence-corrected chi connectivity index (χ2v) is 8.64. The number of nitrogens with one attached hydrogen (secondary N) is 1. The van der Waals surface area contributed by atoms with Gasteiger partial charge >= 0.3 is 0 Å².